The van der Waals surface area contributed by atoms with E-state index in [1.165, 1.54) is 24.3 Å². The van der Waals surface area contributed by atoms with Crippen LogP contribution in [0, 0.1) is 27.7 Å². The van der Waals surface area contributed by atoms with Crippen LogP contribution >= 0.6 is 15.9 Å². The van der Waals surface area contributed by atoms with Crippen molar-refractivity contribution >= 4 is 62.5 Å². The number of carbonyl (C=O) groups is 1. The number of carbonyl (C=O) groups excluding carboxylic acids is 1. The van der Waals surface area contributed by atoms with Crippen molar-refractivity contribution in [2.24, 2.45) is 0 Å². The SMILES string of the molecule is CC[C@H](OS(=O)(=O)c1ccc(C)cc1)[C@@H]1C=CCO1.Cc1ccc(S(=O)(=O)O[C@H]2CO[C@H]3[C@@H]2OC[C@@H]3Br)cc1.Cc1ccc(S(=O)(=O)O[C@H]2CO[C@H]3[C@@H]2OC[C@H]3OS(=O)(=O)c2ccc(C)cc2)cc1.O=C(NC[C@@H](O)[C@@H]1C=CCO1)OCc1ccccc1.O[C@@H]1CO[C@H]2[C@@H]1OC[C@@H]2O. The summed E-state index contributed by atoms with van der Waals surface area (Å²) < 4.78 is 168. The normalized spacial score (nSPS) is 28.1. The molecule has 13 rings (SSSR count). The van der Waals surface area contributed by atoms with E-state index in [1.54, 1.807) is 78.9 Å². The number of amides is 1. The summed E-state index contributed by atoms with van der Waals surface area (Å²) in [4.78, 5) is 11.9. The van der Waals surface area contributed by atoms with E-state index in [0.717, 1.165) is 27.8 Å². The Morgan fingerprint density at radius 1 is 0.490 bits per heavy atom. The molecule has 8 aliphatic heterocycles. The van der Waals surface area contributed by atoms with E-state index in [4.69, 9.17) is 69.6 Å². The summed E-state index contributed by atoms with van der Waals surface area (Å²) in [5, 5.41) is 30.6. The van der Waals surface area contributed by atoms with Crippen molar-refractivity contribution in [3.8, 4) is 0 Å². The topological polar surface area (TPSA) is 346 Å². The fraction of sp³-hybridized carbons (Fsp3) is 0.478. The quantitative estimate of drug-likeness (QED) is 0.0434. The molecule has 4 N–H and O–H groups in total. The van der Waals surface area contributed by atoms with Crippen LogP contribution in [-0.4, -0.2) is 211 Å². The molecule has 0 aliphatic carbocycles. The van der Waals surface area contributed by atoms with Crippen LogP contribution in [0.4, 0.5) is 4.79 Å². The van der Waals surface area contributed by atoms with Crippen LogP contribution in [0.2, 0.25) is 0 Å². The summed E-state index contributed by atoms with van der Waals surface area (Å²) in [7, 11) is -15.6. The number of aliphatic hydroxyl groups excluding tert-OH is 3. The number of benzene rings is 5. The number of alkyl halides is 1. The molecule has 8 aliphatic rings. The standard InChI is InChI=1S/C20H22O8S2.C14H17NO4.C14H18O4S.C13H15BrO5S.C6H10O4/c1-13-3-7-15(8-4-13)29(21,22)27-17-11-25-20-18(12-26-19(17)20)28-30(23,24)16-9-5-14(2)6-10-16;16-12(13-7-4-8-18-13)9-15-14(17)19-10-11-5-2-1-3-6-11;1-3-13(14-5-4-10-17-14)18-19(15,16)12-8-6-11(2)7-9-12;1-8-2-4-9(5-3-8)20(15,16)19-11-7-18-12-10(14)6-17-13(11)12;7-3-1-9-6-4(8)2-10-5(3)6/h3-10,17-20H,11-12H2,1-2H3;1-7,12-13,16H,8-10H2,(H,15,17);4-9,13-14H,3,10H2,1-2H3;2-5,10-13H,6-7H2,1H3;3-8H,1-2H2/t17-,18+,19-,20-;12-,13+;13-,14-;10-,11-,12+,13+;3-,4+,5-,6-/m11001/s1. The molecule has 0 bridgehead atoms. The minimum absolute atomic E-state index is 0.0318. The molecule has 8 heterocycles. The Hall–Kier alpha value is -5.47. The molecule has 31 heteroatoms. The molecule has 0 unspecified atom stereocenters. The monoisotopic (exact) mass is 1510 g/mol. The van der Waals surface area contributed by atoms with Gasteiger partial charge < -0.3 is 63.3 Å². The molecule has 5 aromatic carbocycles. The summed E-state index contributed by atoms with van der Waals surface area (Å²) in [6.45, 7) is 11.9. The first-order chi connectivity index (χ1) is 46.7. The molecular formula is C67H82BrNO25S4. The number of hydrogen-bond acceptors (Lipinski definition) is 25. The van der Waals surface area contributed by atoms with Crippen LogP contribution in [0.15, 0.2) is 171 Å². The van der Waals surface area contributed by atoms with Gasteiger partial charge in [-0.2, -0.15) is 33.7 Å². The number of hydrogen-bond donors (Lipinski definition) is 4. The third-order valence-corrected chi connectivity index (χ3v) is 22.6. The Kier molecular flexibility index (Phi) is 27.3. The second kappa shape index (κ2) is 34.9. The number of ether oxygens (including phenoxy) is 9. The summed E-state index contributed by atoms with van der Waals surface area (Å²) in [5.74, 6) is 0. The first-order valence-electron chi connectivity index (χ1n) is 31.6. The van der Waals surface area contributed by atoms with Gasteiger partial charge in [-0.1, -0.05) is 148 Å². The first-order valence-corrected chi connectivity index (χ1v) is 38.1. The molecule has 98 heavy (non-hydrogen) atoms. The van der Waals surface area contributed by atoms with E-state index in [0.29, 0.717) is 26.2 Å². The van der Waals surface area contributed by atoms with Crippen LogP contribution in [0.25, 0.3) is 0 Å². The molecule has 1 amide bonds. The van der Waals surface area contributed by atoms with E-state index >= 15 is 0 Å². The third kappa shape index (κ3) is 20.9. The molecule has 0 radical (unpaired) electrons. The van der Waals surface area contributed by atoms with Crippen molar-refractivity contribution in [2.45, 2.75) is 164 Å². The molecule has 0 saturated carbocycles. The molecule has 536 valence electrons. The highest BCUT2D eigenvalue weighted by Gasteiger charge is 2.53. The molecule has 0 spiro atoms. The van der Waals surface area contributed by atoms with Crippen molar-refractivity contribution in [1.82, 2.24) is 5.32 Å². The van der Waals surface area contributed by atoms with Crippen LogP contribution in [-0.2, 0) is 106 Å². The fourth-order valence-electron chi connectivity index (χ4n) is 11.0. The maximum absolute atomic E-state index is 12.6. The molecule has 16 atom stereocenters. The van der Waals surface area contributed by atoms with Crippen molar-refractivity contribution in [2.75, 3.05) is 59.4 Å². The van der Waals surface area contributed by atoms with Crippen LogP contribution in [0.3, 0.4) is 0 Å². The van der Waals surface area contributed by atoms with E-state index in [2.05, 4.69) is 21.2 Å². The van der Waals surface area contributed by atoms with Crippen molar-refractivity contribution in [3.05, 3.63) is 180 Å². The zero-order valence-electron chi connectivity index (χ0n) is 54.3. The fourth-order valence-corrected chi connectivity index (χ4v) is 15.9. The lowest BCUT2D eigenvalue weighted by atomic mass is 10.1. The Balaban J connectivity index is 0.000000148. The number of aliphatic hydroxyl groups is 3. The molecule has 6 saturated heterocycles. The van der Waals surface area contributed by atoms with E-state index in [1.807, 2.05) is 83.2 Å². The Morgan fingerprint density at radius 2 is 0.857 bits per heavy atom. The minimum atomic E-state index is -4.02. The van der Waals surface area contributed by atoms with Gasteiger partial charge in [0.2, 0.25) is 0 Å². The largest absolute Gasteiger partial charge is 0.445 e. The number of fused-ring (bicyclic) bond motifs is 3. The summed E-state index contributed by atoms with van der Waals surface area (Å²) in [6.07, 6.45) is -0.577. The highest BCUT2D eigenvalue weighted by atomic mass is 79.9. The van der Waals surface area contributed by atoms with Crippen molar-refractivity contribution in [1.29, 1.82) is 0 Å². The summed E-state index contributed by atoms with van der Waals surface area (Å²) >= 11 is 3.45. The van der Waals surface area contributed by atoms with E-state index in [-0.39, 0.29) is 107 Å². The lowest BCUT2D eigenvalue weighted by Crippen LogP contribution is -2.38. The van der Waals surface area contributed by atoms with Crippen molar-refractivity contribution < 1.29 is 113 Å². The van der Waals surface area contributed by atoms with Gasteiger partial charge in [0.05, 0.1) is 77.3 Å². The number of alkyl carbamates (subject to hydrolysis) is 1. The van der Waals surface area contributed by atoms with Gasteiger partial charge in [0.25, 0.3) is 40.5 Å². The van der Waals surface area contributed by atoms with Gasteiger partial charge in [-0.15, -0.1) is 0 Å². The smallest absolute Gasteiger partial charge is 0.407 e. The predicted octanol–water partition coefficient (Wildman–Crippen LogP) is 5.75. The molecule has 5 aromatic rings. The second-order valence-electron chi connectivity index (χ2n) is 23.9. The van der Waals surface area contributed by atoms with Gasteiger partial charge in [-0.25, -0.2) is 4.79 Å². The van der Waals surface area contributed by atoms with Crippen LogP contribution in [0.5, 0.6) is 0 Å². The van der Waals surface area contributed by atoms with Gasteiger partial charge in [-0.3, -0.25) is 16.7 Å². The predicted molar refractivity (Wildman–Crippen MR) is 355 cm³/mol. The van der Waals surface area contributed by atoms with E-state index in [9.17, 15) is 43.6 Å². The summed E-state index contributed by atoms with van der Waals surface area (Å²) in [6, 6.07) is 35.2. The van der Waals surface area contributed by atoms with Gasteiger partial charge in [0.15, 0.2) is 0 Å². The Morgan fingerprint density at radius 3 is 1.26 bits per heavy atom. The number of rotatable bonds is 19. The van der Waals surface area contributed by atoms with E-state index < -0.39 is 102 Å². The summed E-state index contributed by atoms with van der Waals surface area (Å²) in [5.41, 5.74) is 4.77. The number of aryl methyl sites for hydroxylation is 4. The highest BCUT2D eigenvalue weighted by molar-refractivity contribution is 9.09. The van der Waals surface area contributed by atoms with Crippen LogP contribution < -0.4 is 5.32 Å². The number of nitrogens with one attached hydrogen (secondary N) is 1. The zero-order valence-corrected chi connectivity index (χ0v) is 59.1. The Bertz CT molecular complexity index is 3800. The van der Waals surface area contributed by atoms with Crippen LogP contribution in [0.1, 0.15) is 41.2 Å². The molecular weight excluding hydrogens is 1430 g/mol. The van der Waals surface area contributed by atoms with Gasteiger partial charge in [-0.05, 0) is 88.2 Å². The Labute approximate surface area is 580 Å². The lowest BCUT2D eigenvalue weighted by Gasteiger charge is -2.20. The van der Waals surface area contributed by atoms with Gasteiger partial charge >= 0.3 is 6.09 Å². The average Bonchev–Trinajstić information content (AvgIpc) is 1.62. The highest BCUT2D eigenvalue weighted by Crippen LogP contribution is 2.36. The molecule has 6 fully saturated rings. The number of halogens is 1. The second-order valence-corrected chi connectivity index (χ2v) is 31.4. The maximum atomic E-state index is 12.6. The molecule has 0 aromatic heterocycles. The van der Waals surface area contributed by atoms with Gasteiger partial charge in [0, 0.05) is 6.54 Å². The zero-order chi connectivity index (χ0) is 70.4. The maximum Gasteiger partial charge on any atom is 0.407 e. The van der Waals surface area contributed by atoms with Crippen molar-refractivity contribution in [3.63, 3.8) is 0 Å². The molecule has 26 nitrogen and oxygen atoms in total. The average molecular weight is 1510 g/mol. The first kappa shape index (κ1) is 76.7. The minimum Gasteiger partial charge on any atom is -0.445 e. The third-order valence-electron chi connectivity index (χ3n) is 16.4. The van der Waals surface area contributed by atoms with Gasteiger partial charge in [0.1, 0.15) is 98.2 Å². The lowest BCUT2D eigenvalue weighted by molar-refractivity contribution is 0.00205.